The molecule has 0 bridgehead atoms. The first-order valence-corrected chi connectivity index (χ1v) is 6.90. The lowest BCUT2D eigenvalue weighted by atomic mass is 9.86. The fourth-order valence-corrected chi connectivity index (χ4v) is 1.90. The Kier molecular flexibility index (Phi) is 5.67. The number of benzene rings is 1. The molecule has 1 rings (SSSR count). The van der Waals surface area contributed by atoms with Crippen molar-refractivity contribution in [1.29, 1.82) is 0 Å². The third-order valence-corrected chi connectivity index (χ3v) is 2.91. The van der Waals surface area contributed by atoms with Gasteiger partial charge in [0.1, 0.15) is 12.4 Å². The van der Waals surface area contributed by atoms with Crippen molar-refractivity contribution < 1.29 is 4.74 Å². The smallest absolute Gasteiger partial charge is 0.123 e. The van der Waals surface area contributed by atoms with E-state index in [4.69, 9.17) is 4.74 Å². The molecule has 0 fully saturated rings. The van der Waals surface area contributed by atoms with E-state index in [0.717, 1.165) is 31.9 Å². The Labute approximate surface area is 112 Å². The molecule has 0 amide bonds. The monoisotopic (exact) mass is 249 g/mol. The maximum atomic E-state index is 5.93. The minimum absolute atomic E-state index is 0.125. The van der Waals surface area contributed by atoms with Crippen LogP contribution in [0.15, 0.2) is 18.2 Å². The van der Waals surface area contributed by atoms with E-state index in [0.29, 0.717) is 0 Å². The van der Waals surface area contributed by atoms with E-state index in [1.807, 2.05) is 0 Å². The lowest BCUT2D eigenvalue weighted by molar-refractivity contribution is 0.306. The predicted molar refractivity (Wildman–Crippen MR) is 78.5 cm³/mol. The first kappa shape index (κ1) is 15.0. The normalized spacial score (nSPS) is 11.6. The third kappa shape index (κ3) is 4.69. The van der Waals surface area contributed by atoms with E-state index in [2.05, 4.69) is 58.1 Å². The molecule has 0 atom stereocenters. The standard InChI is InChI=1S/C16H27NO/c1-6-9-17-10-11-18-15-12-13(2)7-8-14(15)16(3,4)5/h7-8,12,17H,6,9-11H2,1-5H3. The molecule has 0 heterocycles. The molecule has 102 valence electrons. The van der Waals surface area contributed by atoms with Crippen LogP contribution in [0.2, 0.25) is 0 Å². The Morgan fingerprint density at radius 3 is 2.50 bits per heavy atom. The average Bonchev–Trinajstić information content (AvgIpc) is 2.27. The van der Waals surface area contributed by atoms with Crippen LogP contribution in [0.3, 0.4) is 0 Å². The van der Waals surface area contributed by atoms with Crippen LogP contribution in [-0.2, 0) is 5.41 Å². The SMILES string of the molecule is CCCNCCOc1cc(C)ccc1C(C)(C)C. The van der Waals surface area contributed by atoms with E-state index < -0.39 is 0 Å². The first-order valence-electron chi connectivity index (χ1n) is 6.90. The zero-order valence-electron chi connectivity index (χ0n) is 12.5. The van der Waals surface area contributed by atoms with Crippen LogP contribution >= 0.6 is 0 Å². The van der Waals surface area contributed by atoms with Crippen molar-refractivity contribution in [3.05, 3.63) is 29.3 Å². The fourth-order valence-electron chi connectivity index (χ4n) is 1.90. The van der Waals surface area contributed by atoms with Crippen LogP contribution < -0.4 is 10.1 Å². The summed E-state index contributed by atoms with van der Waals surface area (Å²) >= 11 is 0. The summed E-state index contributed by atoms with van der Waals surface area (Å²) < 4.78 is 5.93. The van der Waals surface area contributed by atoms with Crippen LogP contribution in [0.5, 0.6) is 5.75 Å². The third-order valence-electron chi connectivity index (χ3n) is 2.91. The molecule has 18 heavy (non-hydrogen) atoms. The minimum atomic E-state index is 0.125. The zero-order valence-corrected chi connectivity index (χ0v) is 12.5. The first-order chi connectivity index (χ1) is 8.45. The van der Waals surface area contributed by atoms with Crippen molar-refractivity contribution in [2.45, 2.75) is 46.5 Å². The lowest BCUT2D eigenvalue weighted by Gasteiger charge is -2.23. The highest BCUT2D eigenvalue weighted by molar-refractivity contribution is 5.41. The second-order valence-corrected chi connectivity index (χ2v) is 5.85. The summed E-state index contributed by atoms with van der Waals surface area (Å²) in [5, 5.41) is 3.35. The molecule has 0 unspecified atom stereocenters. The molecule has 2 nitrogen and oxygen atoms in total. The van der Waals surface area contributed by atoms with Gasteiger partial charge in [-0.2, -0.15) is 0 Å². The van der Waals surface area contributed by atoms with Gasteiger partial charge in [0, 0.05) is 6.54 Å². The van der Waals surface area contributed by atoms with Crippen molar-refractivity contribution in [1.82, 2.24) is 5.32 Å². The van der Waals surface area contributed by atoms with Crippen molar-refractivity contribution in [3.8, 4) is 5.75 Å². The van der Waals surface area contributed by atoms with E-state index in [1.165, 1.54) is 11.1 Å². The highest BCUT2D eigenvalue weighted by Gasteiger charge is 2.18. The number of ether oxygens (including phenoxy) is 1. The molecule has 0 saturated heterocycles. The van der Waals surface area contributed by atoms with Crippen molar-refractivity contribution >= 4 is 0 Å². The molecule has 0 aliphatic heterocycles. The van der Waals surface area contributed by atoms with Gasteiger partial charge in [-0.25, -0.2) is 0 Å². The summed E-state index contributed by atoms with van der Waals surface area (Å²) in [5.74, 6) is 1.03. The maximum Gasteiger partial charge on any atom is 0.123 e. The molecule has 1 aromatic carbocycles. The lowest BCUT2D eigenvalue weighted by Crippen LogP contribution is -2.22. The van der Waals surface area contributed by atoms with Gasteiger partial charge in [-0.1, -0.05) is 39.8 Å². The summed E-state index contributed by atoms with van der Waals surface area (Å²) in [6.45, 7) is 13.6. The van der Waals surface area contributed by atoms with Gasteiger partial charge in [-0.3, -0.25) is 0 Å². The Morgan fingerprint density at radius 1 is 1.17 bits per heavy atom. The fraction of sp³-hybridized carbons (Fsp3) is 0.625. The number of nitrogens with one attached hydrogen (secondary N) is 1. The van der Waals surface area contributed by atoms with E-state index in [1.54, 1.807) is 0 Å². The van der Waals surface area contributed by atoms with Gasteiger partial charge in [0.15, 0.2) is 0 Å². The summed E-state index contributed by atoms with van der Waals surface area (Å²) in [7, 11) is 0. The Hall–Kier alpha value is -1.02. The number of hydrogen-bond acceptors (Lipinski definition) is 2. The molecule has 0 aliphatic rings. The summed E-state index contributed by atoms with van der Waals surface area (Å²) in [6, 6.07) is 6.48. The molecule has 0 spiro atoms. The Bertz CT molecular complexity index is 366. The molecule has 0 aromatic heterocycles. The van der Waals surface area contributed by atoms with Crippen molar-refractivity contribution in [3.63, 3.8) is 0 Å². The zero-order chi connectivity index (χ0) is 13.6. The van der Waals surface area contributed by atoms with Gasteiger partial charge in [-0.15, -0.1) is 0 Å². The van der Waals surface area contributed by atoms with E-state index >= 15 is 0 Å². The molecule has 0 aliphatic carbocycles. The van der Waals surface area contributed by atoms with Crippen molar-refractivity contribution in [2.75, 3.05) is 19.7 Å². The highest BCUT2D eigenvalue weighted by Crippen LogP contribution is 2.31. The Balaban J connectivity index is 2.65. The van der Waals surface area contributed by atoms with Crippen LogP contribution in [0, 0.1) is 6.92 Å². The van der Waals surface area contributed by atoms with Crippen LogP contribution in [-0.4, -0.2) is 19.7 Å². The molecule has 1 aromatic rings. The van der Waals surface area contributed by atoms with Gasteiger partial charge in [0.25, 0.3) is 0 Å². The molecule has 0 radical (unpaired) electrons. The largest absolute Gasteiger partial charge is 0.492 e. The number of rotatable bonds is 6. The maximum absolute atomic E-state index is 5.93. The van der Waals surface area contributed by atoms with E-state index in [-0.39, 0.29) is 5.41 Å². The van der Waals surface area contributed by atoms with Gasteiger partial charge >= 0.3 is 0 Å². The molecule has 1 N–H and O–H groups in total. The second kappa shape index (κ2) is 6.79. The van der Waals surface area contributed by atoms with Gasteiger partial charge in [-0.05, 0) is 42.5 Å². The number of aryl methyl sites for hydroxylation is 1. The summed E-state index contributed by atoms with van der Waals surface area (Å²) in [4.78, 5) is 0. The molecule has 2 heteroatoms. The molecular weight excluding hydrogens is 222 g/mol. The minimum Gasteiger partial charge on any atom is -0.492 e. The second-order valence-electron chi connectivity index (χ2n) is 5.85. The van der Waals surface area contributed by atoms with Gasteiger partial charge < -0.3 is 10.1 Å². The van der Waals surface area contributed by atoms with Crippen LogP contribution in [0.1, 0.15) is 45.2 Å². The summed E-state index contributed by atoms with van der Waals surface area (Å²) in [5.41, 5.74) is 2.66. The van der Waals surface area contributed by atoms with Crippen LogP contribution in [0.25, 0.3) is 0 Å². The van der Waals surface area contributed by atoms with Gasteiger partial charge in [0.05, 0.1) is 0 Å². The average molecular weight is 249 g/mol. The quantitative estimate of drug-likeness (QED) is 0.777. The molecule has 0 saturated carbocycles. The Morgan fingerprint density at radius 2 is 1.89 bits per heavy atom. The molecular formula is C16H27NO. The van der Waals surface area contributed by atoms with Crippen LogP contribution in [0.4, 0.5) is 0 Å². The topological polar surface area (TPSA) is 21.3 Å². The van der Waals surface area contributed by atoms with Crippen molar-refractivity contribution in [2.24, 2.45) is 0 Å². The van der Waals surface area contributed by atoms with E-state index in [9.17, 15) is 0 Å². The number of hydrogen-bond donors (Lipinski definition) is 1. The predicted octanol–water partition coefficient (Wildman–Crippen LogP) is 3.67. The highest BCUT2D eigenvalue weighted by atomic mass is 16.5. The summed E-state index contributed by atoms with van der Waals surface area (Å²) in [6.07, 6.45) is 1.16. The van der Waals surface area contributed by atoms with Gasteiger partial charge in [0.2, 0.25) is 0 Å².